The minimum atomic E-state index is -0.0904. The predicted molar refractivity (Wildman–Crippen MR) is 139 cm³/mol. The summed E-state index contributed by atoms with van der Waals surface area (Å²) in [5.74, 6) is 2.73. The van der Waals surface area contributed by atoms with Crippen molar-refractivity contribution in [3.8, 4) is 0 Å². The summed E-state index contributed by atoms with van der Waals surface area (Å²) in [6, 6.07) is 2.04. The van der Waals surface area contributed by atoms with Gasteiger partial charge >= 0.3 is 0 Å². The molecule has 194 valence electrons. The first kappa shape index (κ1) is 25.0. The number of carbonyl (C=O) groups is 3. The van der Waals surface area contributed by atoms with Gasteiger partial charge in [0.15, 0.2) is 0 Å². The van der Waals surface area contributed by atoms with E-state index < -0.39 is 0 Å². The van der Waals surface area contributed by atoms with Crippen molar-refractivity contribution in [3.05, 3.63) is 35.5 Å². The number of amides is 3. The van der Waals surface area contributed by atoms with Crippen LogP contribution in [-0.4, -0.2) is 47.7 Å². The zero-order chi connectivity index (χ0) is 25.8. The number of hydrogen-bond acceptors (Lipinski definition) is 4. The second kappa shape index (κ2) is 9.00. The Morgan fingerprint density at radius 2 is 1.92 bits per heavy atom. The fourth-order valence-corrected chi connectivity index (χ4v) is 8.28. The van der Waals surface area contributed by atoms with Crippen molar-refractivity contribution in [2.24, 2.45) is 34.5 Å². The van der Waals surface area contributed by atoms with E-state index in [4.69, 9.17) is 0 Å². The van der Waals surface area contributed by atoms with Crippen molar-refractivity contribution < 1.29 is 14.4 Å². The third-order valence-corrected chi connectivity index (χ3v) is 10.3. The number of hydrogen-bond donors (Lipinski definition) is 2. The molecule has 7 nitrogen and oxygen atoms in total. The second-order valence-electron chi connectivity index (χ2n) is 12.4. The molecule has 3 amide bonds. The van der Waals surface area contributed by atoms with E-state index in [-0.39, 0.29) is 34.6 Å². The van der Waals surface area contributed by atoms with Crippen LogP contribution in [0, 0.1) is 41.4 Å². The molecular formula is C29H40N4O3. The molecule has 7 atom stereocenters. The number of aromatic nitrogens is 1. The van der Waals surface area contributed by atoms with Gasteiger partial charge in [0.2, 0.25) is 11.8 Å². The Morgan fingerprint density at radius 1 is 1.14 bits per heavy atom. The number of fused-ring (bicyclic) bond motifs is 5. The third kappa shape index (κ3) is 4.04. The highest BCUT2D eigenvalue weighted by atomic mass is 16.2. The molecule has 2 heterocycles. The van der Waals surface area contributed by atoms with Gasteiger partial charge < -0.3 is 15.5 Å². The summed E-state index contributed by atoms with van der Waals surface area (Å²) in [5, 5.41) is 6.23. The van der Waals surface area contributed by atoms with Gasteiger partial charge in [-0.2, -0.15) is 0 Å². The molecule has 3 aliphatic carbocycles. The Labute approximate surface area is 214 Å². The molecule has 36 heavy (non-hydrogen) atoms. The Morgan fingerprint density at radius 3 is 2.64 bits per heavy atom. The first-order valence-corrected chi connectivity index (χ1v) is 13.5. The first-order chi connectivity index (χ1) is 17.0. The Kier molecular flexibility index (Phi) is 6.24. The molecule has 1 aliphatic heterocycles. The summed E-state index contributed by atoms with van der Waals surface area (Å²) in [6.45, 7) is 6.65. The highest BCUT2D eigenvalue weighted by molar-refractivity contribution is 5.96. The quantitative estimate of drug-likeness (QED) is 0.654. The SMILES string of the molecule is Cc1cc(NC(=O)C[C@H]2CC[C@H]3[C@@H]4CC[C@H]5NC(=O)C=C[C@]5(C)[C@H]4CC[C@]23C)ncc1C(=O)N(C)C. The van der Waals surface area contributed by atoms with E-state index in [1.807, 2.05) is 6.92 Å². The number of aryl methyl sites for hydroxylation is 1. The zero-order valence-electron chi connectivity index (χ0n) is 22.3. The standard InChI is InChI=1S/C29H40N4O3/c1-17-14-24(30-16-20(17)27(36)33(4)5)32-26(35)15-18-6-8-21-19-7-9-23-29(3,13-11-25(34)31-23)22(19)10-12-28(18,21)2/h11,13-14,16,18-19,21-23H,6-10,12,15H2,1-5H3,(H,31,34)(H,30,32,35)/t18-,19+,21+,22+,23-,28-,29-/m1/s1. The van der Waals surface area contributed by atoms with E-state index in [1.54, 1.807) is 32.4 Å². The lowest BCUT2D eigenvalue weighted by molar-refractivity contribution is -0.123. The van der Waals surface area contributed by atoms with E-state index in [2.05, 4.69) is 35.5 Å². The van der Waals surface area contributed by atoms with Gasteiger partial charge in [-0.25, -0.2) is 4.98 Å². The molecule has 0 saturated heterocycles. The van der Waals surface area contributed by atoms with E-state index >= 15 is 0 Å². The maximum atomic E-state index is 13.1. The van der Waals surface area contributed by atoms with Crippen LogP contribution in [0.15, 0.2) is 24.4 Å². The van der Waals surface area contributed by atoms with Gasteiger partial charge in [-0.3, -0.25) is 14.4 Å². The van der Waals surface area contributed by atoms with Gasteiger partial charge in [0.05, 0.1) is 5.56 Å². The van der Waals surface area contributed by atoms with E-state index in [0.717, 1.165) is 31.2 Å². The normalized spacial score (nSPS) is 36.8. The van der Waals surface area contributed by atoms with Gasteiger partial charge in [-0.05, 0) is 92.2 Å². The van der Waals surface area contributed by atoms with Crippen LogP contribution in [0.3, 0.4) is 0 Å². The van der Waals surface area contributed by atoms with Gasteiger partial charge in [0.1, 0.15) is 5.82 Å². The van der Waals surface area contributed by atoms with E-state index in [0.29, 0.717) is 41.5 Å². The van der Waals surface area contributed by atoms with Crippen LogP contribution < -0.4 is 10.6 Å². The van der Waals surface area contributed by atoms with Crippen molar-refractivity contribution in [1.29, 1.82) is 0 Å². The lowest BCUT2D eigenvalue weighted by Gasteiger charge is -2.59. The lowest BCUT2D eigenvalue weighted by Crippen LogP contribution is -2.59. The van der Waals surface area contributed by atoms with Crippen LogP contribution >= 0.6 is 0 Å². The predicted octanol–water partition coefficient (Wildman–Crippen LogP) is 4.33. The molecule has 0 spiro atoms. The number of nitrogens with zero attached hydrogens (tertiary/aromatic N) is 2. The molecule has 7 heteroatoms. The monoisotopic (exact) mass is 492 g/mol. The van der Waals surface area contributed by atoms with Crippen LogP contribution in [0.2, 0.25) is 0 Å². The van der Waals surface area contributed by atoms with E-state index in [1.165, 1.54) is 17.7 Å². The van der Waals surface area contributed by atoms with Crippen molar-refractivity contribution >= 4 is 23.5 Å². The maximum Gasteiger partial charge on any atom is 0.255 e. The molecular weight excluding hydrogens is 452 g/mol. The summed E-state index contributed by atoms with van der Waals surface area (Å²) in [4.78, 5) is 43.2. The highest BCUT2D eigenvalue weighted by Gasteiger charge is 2.59. The van der Waals surface area contributed by atoms with E-state index in [9.17, 15) is 14.4 Å². The van der Waals surface area contributed by atoms with Crippen LogP contribution in [0.25, 0.3) is 0 Å². The fraction of sp³-hybridized carbons (Fsp3) is 0.655. The number of nitrogens with one attached hydrogen (secondary N) is 2. The van der Waals surface area contributed by atoms with Gasteiger partial charge in [-0.1, -0.05) is 19.9 Å². The van der Waals surface area contributed by atoms with Crippen molar-refractivity contribution in [2.45, 2.75) is 71.8 Å². The molecule has 4 aliphatic rings. The molecule has 3 saturated carbocycles. The highest BCUT2D eigenvalue weighted by Crippen LogP contribution is 2.65. The smallest absolute Gasteiger partial charge is 0.255 e. The summed E-state index contributed by atoms with van der Waals surface area (Å²) >= 11 is 0. The number of carbonyl (C=O) groups excluding carboxylic acids is 3. The van der Waals surface area contributed by atoms with Crippen molar-refractivity contribution in [2.75, 3.05) is 19.4 Å². The molecule has 0 radical (unpaired) electrons. The van der Waals surface area contributed by atoms with Crippen LogP contribution in [0.5, 0.6) is 0 Å². The fourth-order valence-electron chi connectivity index (χ4n) is 8.28. The molecule has 3 fully saturated rings. The molecule has 1 aromatic heterocycles. The van der Waals surface area contributed by atoms with Gasteiger partial charge in [0, 0.05) is 38.2 Å². The molecule has 2 N–H and O–H groups in total. The topological polar surface area (TPSA) is 91.4 Å². The average molecular weight is 493 g/mol. The largest absolute Gasteiger partial charge is 0.349 e. The summed E-state index contributed by atoms with van der Waals surface area (Å²) in [7, 11) is 3.44. The number of rotatable bonds is 4. The Hall–Kier alpha value is -2.70. The first-order valence-electron chi connectivity index (χ1n) is 13.5. The minimum Gasteiger partial charge on any atom is -0.349 e. The lowest BCUT2D eigenvalue weighted by atomic mass is 9.48. The molecule has 0 bridgehead atoms. The Bertz CT molecular complexity index is 1110. The Balaban J connectivity index is 1.26. The molecule has 0 aromatic carbocycles. The van der Waals surface area contributed by atoms with Crippen LogP contribution in [0.4, 0.5) is 5.82 Å². The molecule has 0 unspecified atom stereocenters. The van der Waals surface area contributed by atoms with Crippen LogP contribution in [-0.2, 0) is 9.59 Å². The minimum absolute atomic E-state index is 0.0104. The van der Waals surface area contributed by atoms with Crippen LogP contribution in [0.1, 0.15) is 74.7 Å². The molecule has 5 rings (SSSR count). The number of anilines is 1. The van der Waals surface area contributed by atoms with Crippen molar-refractivity contribution in [1.82, 2.24) is 15.2 Å². The second-order valence-corrected chi connectivity index (χ2v) is 12.4. The van der Waals surface area contributed by atoms with Crippen molar-refractivity contribution in [3.63, 3.8) is 0 Å². The van der Waals surface area contributed by atoms with Gasteiger partial charge in [-0.15, -0.1) is 0 Å². The maximum absolute atomic E-state index is 13.1. The summed E-state index contributed by atoms with van der Waals surface area (Å²) in [6.07, 6.45) is 12.8. The van der Waals surface area contributed by atoms with Gasteiger partial charge in [0.25, 0.3) is 5.91 Å². The summed E-state index contributed by atoms with van der Waals surface area (Å²) in [5.41, 5.74) is 1.57. The zero-order valence-corrected chi connectivity index (χ0v) is 22.3. The summed E-state index contributed by atoms with van der Waals surface area (Å²) < 4.78 is 0. The third-order valence-electron chi connectivity index (χ3n) is 10.3. The average Bonchev–Trinajstić information content (AvgIpc) is 3.15. The molecule has 1 aromatic rings. The number of pyridine rings is 1.